The molecule has 34 heavy (non-hydrogen) atoms. The van der Waals surface area contributed by atoms with Crippen LogP contribution in [-0.2, 0) is 0 Å². The molecule has 1 aromatic rings. The Bertz CT molecular complexity index is 767. The van der Waals surface area contributed by atoms with E-state index in [1.54, 1.807) is 14.2 Å². The summed E-state index contributed by atoms with van der Waals surface area (Å²) in [6.07, 6.45) is 12.9. The van der Waals surface area contributed by atoms with E-state index in [1.807, 2.05) is 32.9 Å². The minimum absolute atomic E-state index is 0.700. The predicted molar refractivity (Wildman–Crippen MR) is 151 cm³/mol. The summed E-state index contributed by atoms with van der Waals surface area (Å²) in [7, 11) is 3.37. The van der Waals surface area contributed by atoms with E-state index in [0.29, 0.717) is 5.92 Å². The SMILES string of the molecule is COc1cc(/C=C(\Br)[C@](C)(O)CCC[C@H](C)CCC[C@H](C)CCCC(C)C)c(OC)c(C)c1C. The van der Waals surface area contributed by atoms with Gasteiger partial charge in [-0.15, -0.1) is 0 Å². The minimum atomic E-state index is -0.915. The number of rotatable bonds is 16. The van der Waals surface area contributed by atoms with Crippen LogP contribution in [0.15, 0.2) is 10.5 Å². The second-order valence-corrected chi connectivity index (χ2v) is 11.9. The number of benzene rings is 1. The van der Waals surface area contributed by atoms with E-state index in [0.717, 1.165) is 63.8 Å². The van der Waals surface area contributed by atoms with Crippen molar-refractivity contribution < 1.29 is 14.6 Å². The molecule has 0 aliphatic heterocycles. The number of methoxy groups -OCH3 is 2. The van der Waals surface area contributed by atoms with E-state index in [-0.39, 0.29) is 0 Å². The number of hydrogen-bond donors (Lipinski definition) is 1. The van der Waals surface area contributed by atoms with Crippen LogP contribution in [-0.4, -0.2) is 24.9 Å². The average Bonchev–Trinajstić information content (AvgIpc) is 2.75. The molecule has 0 saturated heterocycles. The van der Waals surface area contributed by atoms with Crippen molar-refractivity contribution in [3.63, 3.8) is 0 Å². The monoisotopic (exact) mass is 538 g/mol. The highest BCUT2D eigenvalue weighted by Crippen LogP contribution is 2.38. The molecule has 0 amide bonds. The highest BCUT2D eigenvalue weighted by atomic mass is 79.9. The van der Waals surface area contributed by atoms with E-state index in [2.05, 4.69) is 43.6 Å². The summed E-state index contributed by atoms with van der Waals surface area (Å²) < 4.78 is 12.0. The van der Waals surface area contributed by atoms with E-state index in [9.17, 15) is 5.11 Å². The second kappa shape index (κ2) is 15.2. The lowest BCUT2D eigenvalue weighted by Gasteiger charge is -2.25. The fourth-order valence-electron chi connectivity index (χ4n) is 4.66. The normalized spacial score (nSPS) is 15.8. The van der Waals surface area contributed by atoms with Crippen LogP contribution in [0.2, 0.25) is 0 Å². The zero-order valence-corrected chi connectivity index (χ0v) is 25.0. The Morgan fingerprint density at radius 2 is 1.44 bits per heavy atom. The van der Waals surface area contributed by atoms with E-state index in [1.165, 1.54) is 38.5 Å². The molecule has 1 aromatic carbocycles. The third-order valence-corrected chi connectivity index (χ3v) is 8.36. The largest absolute Gasteiger partial charge is 0.496 e. The Labute approximate surface area is 218 Å². The van der Waals surface area contributed by atoms with Crippen LogP contribution in [0.4, 0.5) is 0 Å². The smallest absolute Gasteiger partial charge is 0.129 e. The molecule has 0 heterocycles. The van der Waals surface area contributed by atoms with Gasteiger partial charge in [0.15, 0.2) is 0 Å². The lowest BCUT2D eigenvalue weighted by molar-refractivity contribution is 0.0948. The van der Waals surface area contributed by atoms with Gasteiger partial charge in [-0.25, -0.2) is 0 Å². The van der Waals surface area contributed by atoms with Crippen molar-refractivity contribution in [3.05, 3.63) is 27.2 Å². The molecule has 0 radical (unpaired) electrons. The summed E-state index contributed by atoms with van der Waals surface area (Å²) in [6.45, 7) is 15.4. The molecule has 1 N–H and O–H groups in total. The zero-order valence-electron chi connectivity index (χ0n) is 23.4. The molecule has 0 bridgehead atoms. The van der Waals surface area contributed by atoms with Gasteiger partial charge in [0.1, 0.15) is 11.5 Å². The topological polar surface area (TPSA) is 38.7 Å². The van der Waals surface area contributed by atoms with E-state index < -0.39 is 5.60 Å². The summed E-state index contributed by atoms with van der Waals surface area (Å²) >= 11 is 3.66. The predicted octanol–water partition coefficient (Wildman–Crippen LogP) is 9.25. The van der Waals surface area contributed by atoms with Crippen molar-refractivity contribution in [2.45, 2.75) is 112 Å². The molecule has 0 aliphatic rings. The van der Waals surface area contributed by atoms with Gasteiger partial charge in [-0.2, -0.15) is 0 Å². The average molecular weight is 540 g/mol. The Kier molecular flexibility index (Phi) is 13.9. The molecule has 1 rings (SSSR count). The molecule has 0 aliphatic carbocycles. The molecule has 3 atom stereocenters. The summed E-state index contributed by atoms with van der Waals surface area (Å²) in [5.41, 5.74) is 2.11. The molecular formula is C30H51BrO3. The molecule has 0 saturated carbocycles. The second-order valence-electron chi connectivity index (χ2n) is 11.1. The highest BCUT2D eigenvalue weighted by molar-refractivity contribution is 9.11. The first kappa shape index (κ1) is 31.0. The van der Waals surface area contributed by atoms with Crippen LogP contribution < -0.4 is 9.47 Å². The van der Waals surface area contributed by atoms with Crippen molar-refractivity contribution in [2.75, 3.05) is 14.2 Å². The first-order valence-electron chi connectivity index (χ1n) is 13.2. The van der Waals surface area contributed by atoms with Gasteiger partial charge in [0.05, 0.1) is 19.8 Å². The van der Waals surface area contributed by atoms with Gasteiger partial charge in [-0.05, 0) is 74.6 Å². The molecular weight excluding hydrogens is 488 g/mol. The zero-order chi connectivity index (χ0) is 25.9. The van der Waals surface area contributed by atoms with Crippen LogP contribution in [0.3, 0.4) is 0 Å². The molecule has 0 fully saturated rings. The van der Waals surface area contributed by atoms with Crippen molar-refractivity contribution in [3.8, 4) is 11.5 Å². The highest BCUT2D eigenvalue weighted by Gasteiger charge is 2.25. The fraction of sp³-hybridized carbons (Fsp3) is 0.733. The van der Waals surface area contributed by atoms with Crippen LogP contribution in [0.25, 0.3) is 6.08 Å². The Hall–Kier alpha value is -1.00. The maximum Gasteiger partial charge on any atom is 0.129 e. The van der Waals surface area contributed by atoms with Gasteiger partial charge in [0, 0.05) is 10.0 Å². The first-order chi connectivity index (χ1) is 15.9. The van der Waals surface area contributed by atoms with E-state index >= 15 is 0 Å². The van der Waals surface area contributed by atoms with E-state index in [4.69, 9.17) is 9.47 Å². The Morgan fingerprint density at radius 1 is 0.912 bits per heavy atom. The third-order valence-electron chi connectivity index (χ3n) is 7.28. The number of aliphatic hydroxyl groups is 1. The van der Waals surface area contributed by atoms with Crippen LogP contribution in [0.1, 0.15) is 109 Å². The Morgan fingerprint density at radius 3 is 1.94 bits per heavy atom. The maximum absolute atomic E-state index is 11.2. The quantitative estimate of drug-likeness (QED) is 0.228. The minimum Gasteiger partial charge on any atom is -0.496 e. The van der Waals surface area contributed by atoms with Crippen LogP contribution in [0.5, 0.6) is 11.5 Å². The van der Waals surface area contributed by atoms with Crippen molar-refractivity contribution in [1.29, 1.82) is 0 Å². The van der Waals surface area contributed by atoms with Gasteiger partial charge in [-0.1, -0.05) is 88.6 Å². The van der Waals surface area contributed by atoms with Crippen molar-refractivity contribution in [2.24, 2.45) is 17.8 Å². The van der Waals surface area contributed by atoms with Gasteiger partial charge in [0.25, 0.3) is 0 Å². The molecule has 196 valence electrons. The van der Waals surface area contributed by atoms with Gasteiger partial charge in [0.2, 0.25) is 0 Å². The van der Waals surface area contributed by atoms with Crippen molar-refractivity contribution >= 4 is 22.0 Å². The van der Waals surface area contributed by atoms with Gasteiger partial charge < -0.3 is 14.6 Å². The summed E-state index contributed by atoms with van der Waals surface area (Å²) in [4.78, 5) is 0. The molecule has 4 heteroatoms. The first-order valence-corrected chi connectivity index (χ1v) is 14.0. The number of halogens is 1. The lowest BCUT2D eigenvalue weighted by atomic mass is 9.90. The molecule has 0 unspecified atom stereocenters. The molecule has 0 aromatic heterocycles. The molecule has 0 spiro atoms. The van der Waals surface area contributed by atoms with Crippen molar-refractivity contribution in [1.82, 2.24) is 0 Å². The fourth-order valence-corrected chi connectivity index (χ4v) is 5.11. The van der Waals surface area contributed by atoms with Crippen LogP contribution >= 0.6 is 15.9 Å². The standard InChI is InChI=1S/C30H51BrO3/c1-21(2)13-10-14-22(3)15-11-16-23(4)17-12-18-30(7,32)28(31)20-26-19-27(33-8)24(5)25(6)29(26)34-9/h19-23,32H,10-18H2,1-9H3/b28-20-/t22-,23-,30-/m1/s1. The Balaban J connectivity index is 2.58. The third kappa shape index (κ3) is 10.3. The summed E-state index contributed by atoms with van der Waals surface area (Å²) in [5, 5.41) is 11.2. The van der Waals surface area contributed by atoms with Crippen LogP contribution in [0, 0.1) is 31.6 Å². The maximum atomic E-state index is 11.2. The lowest BCUT2D eigenvalue weighted by Crippen LogP contribution is -2.24. The van der Waals surface area contributed by atoms with Gasteiger partial charge >= 0.3 is 0 Å². The summed E-state index contributed by atoms with van der Waals surface area (Å²) in [6, 6.07) is 1.98. The van der Waals surface area contributed by atoms with Gasteiger partial charge in [-0.3, -0.25) is 0 Å². The number of ether oxygens (including phenoxy) is 2. The summed E-state index contributed by atoms with van der Waals surface area (Å²) in [5.74, 6) is 4.01. The number of hydrogen-bond acceptors (Lipinski definition) is 3. The molecule has 3 nitrogen and oxygen atoms in total.